The topological polar surface area (TPSA) is 72.8 Å². The lowest BCUT2D eigenvalue weighted by Gasteiger charge is -2.27. The van der Waals surface area contributed by atoms with Crippen molar-refractivity contribution in [2.24, 2.45) is 5.92 Å². The Balaban J connectivity index is 0.000000474. The van der Waals surface area contributed by atoms with Crippen LogP contribution in [0.4, 0.5) is 4.39 Å². The first-order valence-electron chi connectivity index (χ1n) is 17.5. The summed E-state index contributed by atoms with van der Waals surface area (Å²) in [7, 11) is 0. The van der Waals surface area contributed by atoms with Crippen LogP contribution in [0.5, 0.6) is 0 Å². The van der Waals surface area contributed by atoms with E-state index in [1.807, 2.05) is 19.1 Å². The number of halogens is 1. The van der Waals surface area contributed by atoms with Crippen LogP contribution >= 0.6 is 0 Å². The highest BCUT2D eigenvalue weighted by molar-refractivity contribution is 6.12. The molecule has 2 N–H and O–H groups in total. The van der Waals surface area contributed by atoms with Gasteiger partial charge in [-0.1, -0.05) is 120 Å². The molecule has 4 rings (SSSR count). The molecule has 0 saturated heterocycles. The summed E-state index contributed by atoms with van der Waals surface area (Å²) >= 11 is 0. The molecule has 0 saturated carbocycles. The fourth-order valence-corrected chi connectivity index (χ4v) is 5.34. The van der Waals surface area contributed by atoms with Gasteiger partial charge in [-0.3, -0.25) is 4.79 Å². The van der Waals surface area contributed by atoms with Gasteiger partial charge in [0.25, 0.3) is 5.91 Å². The van der Waals surface area contributed by atoms with Crippen LogP contribution in [0.3, 0.4) is 0 Å². The zero-order valence-electron chi connectivity index (χ0n) is 30.1. The molecule has 0 radical (unpaired) electrons. The number of nitrogens with one attached hydrogen (secondary N) is 2. The molecule has 1 aliphatic carbocycles. The number of unbranched alkanes of at least 4 members (excludes halogenated alkanes) is 2. The number of aryl methyl sites for hydroxylation is 1. The number of imidazole rings is 1. The van der Waals surface area contributed by atoms with Crippen LogP contribution in [0.1, 0.15) is 102 Å². The molecule has 1 aromatic carbocycles. The van der Waals surface area contributed by atoms with Gasteiger partial charge in [-0.2, -0.15) is 0 Å². The number of aromatic amines is 1. The SMILES string of the molecule is C/C=C\c1ccccc1C.C=C\C=C/C(F)=C(CCCC)/C1=C/C(C)CCC(=C(\C=N)C(=O)N2CCc3nc[nH]c3C2)/C=C\1.CCCC. The maximum atomic E-state index is 15.1. The first-order valence-corrected chi connectivity index (χ1v) is 17.5. The lowest BCUT2D eigenvalue weighted by Crippen LogP contribution is -2.37. The Hall–Kier alpha value is -4.32. The Labute approximate surface area is 289 Å². The first kappa shape index (κ1) is 39.9. The maximum absolute atomic E-state index is 15.1. The Kier molecular flexibility index (Phi) is 18.5. The van der Waals surface area contributed by atoms with Crippen molar-refractivity contribution in [2.45, 2.75) is 99.5 Å². The normalized spacial score (nSPS) is 19.3. The molecule has 2 aromatic rings. The summed E-state index contributed by atoms with van der Waals surface area (Å²) in [5.41, 5.74) is 7.35. The second kappa shape index (κ2) is 22.3. The van der Waals surface area contributed by atoms with Crippen LogP contribution in [0, 0.1) is 18.3 Å². The highest BCUT2D eigenvalue weighted by atomic mass is 19.1. The van der Waals surface area contributed by atoms with E-state index in [0.717, 1.165) is 41.8 Å². The van der Waals surface area contributed by atoms with Crippen molar-refractivity contribution in [3.8, 4) is 0 Å². The lowest BCUT2D eigenvalue weighted by atomic mass is 9.88. The summed E-state index contributed by atoms with van der Waals surface area (Å²) in [6.07, 6.45) is 24.9. The summed E-state index contributed by atoms with van der Waals surface area (Å²) in [6.45, 7) is 17.4. The molecule has 2 heterocycles. The van der Waals surface area contributed by atoms with Crippen molar-refractivity contribution in [1.82, 2.24) is 14.9 Å². The van der Waals surface area contributed by atoms with E-state index in [-0.39, 0.29) is 17.7 Å². The van der Waals surface area contributed by atoms with Crippen molar-refractivity contribution >= 4 is 18.2 Å². The standard InChI is InChI=1S/C28H35FN4O.C10H12.C4H10/c1-4-6-8-23(25(29)9-7-5-2)22-13-12-21(11-10-20(3)16-22)24(17-30)28(34)33-15-14-26-27(18-33)32-19-31-26;1-3-6-10-8-5-4-7-9(10)2;1-3-4-2/h5,7,9,12-13,16-17,19-20,30H,2,4,6,8,10-11,14-15,18H2,1,3H3,(H,31,32);3-8H,1-2H3;3-4H2,1-2H3/b9-7-,13-12-,22-16+,24-21-,25-23-,30-17?;6-3-;. The summed E-state index contributed by atoms with van der Waals surface area (Å²) < 4.78 is 15.1. The molecule has 1 aromatic heterocycles. The Morgan fingerprint density at radius 1 is 1.15 bits per heavy atom. The molecule has 0 bridgehead atoms. The third kappa shape index (κ3) is 12.7. The number of aromatic nitrogens is 2. The van der Waals surface area contributed by atoms with Crippen LogP contribution in [0.25, 0.3) is 6.08 Å². The smallest absolute Gasteiger partial charge is 0.256 e. The summed E-state index contributed by atoms with van der Waals surface area (Å²) in [5, 5.41) is 8.02. The number of hydrogen-bond acceptors (Lipinski definition) is 3. The molecule has 0 fully saturated rings. The zero-order valence-corrected chi connectivity index (χ0v) is 30.1. The van der Waals surface area contributed by atoms with E-state index in [1.165, 1.54) is 36.3 Å². The van der Waals surface area contributed by atoms with Crippen molar-refractivity contribution in [2.75, 3.05) is 6.54 Å². The van der Waals surface area contributed by atoms with E-state index in [9.17, 15) is 4.79 Å². The van der Waals surface area contributed by atoms with Gasteiger partial charge in [-0.05, 0) is 79.4 Å². The number of amides is 1. The quantitative estimate of drug-likeness (QED) is 0.152. The minimum atomic E-state index is -0.255. The highest BCUT2D eigenvalue weighted by Crippen LogP contribution is 2.31. The lowest BCUT2D eigenvalue weighted by molar-refractivity contribution is -0.127. The van der Waals surface area contributed by atoms with Gasteiger partial charge in [0, 0.05) is 19.2 Å². The summed E-state index contributed by atoms with van der Waals surface area (Å²) in [5.74, 6) is -0.183. The monoisotopic (exact) mass is 652 g/mol. The second-order valence-corrected chi connectivity index (χ2v) is 12.2. The first-order chi connectivity index (χ1) is 23.2. The van der Waals surface area contributed by atoms with Crippen molar-refractivity contribution < 1.29 is 9.18 Å². The number of H-pyrrole nitrogens is 1. The van der Waals surface area contributed by atoms with Gasteiger partial charge in [0.1, 0.15) is 5.83 Å². The van der Waals surface area contributed by atoms with Crippen LogP contribution in [-0.2, 0) is 17.8 Å². The van der Waals surface area contributed by atoms with Crippen molar-refractivity contribution in [1.29, 1.82) is 5.41 Å². The number of nitrogens with zero attached hydrogens (tertiary/aromatic N) is 2. The van der Waals surface area contributed by atoms with Crippen LogP contribution < -0.4 is 0 Å². The summed E-state index contributed by atoms with van der Waals surface area (Å²) in [4.78, 5) is 22.6. The van der Waals surface area contributed by atoms with Crippen LogP contribution in [0.2, 0.25) is 0 Å². The molecular weight excluding hydrogens is 595 g/mol. The van der Waals surface area contributed by atoms with Crippen molar-refractivity contribution in [3.63, 3.8) is 0 Å². The zero-order chi connectivity index (χ0) is 35.3. The van der Waals surface area contributed by atoms with E-state index in [1.54, 1.807) is 23.4 Å². The average Bonchev–Trinajstić information content (AvgIpc) is 3.57. The molecule has 0 spiro atoms. The minimum absolute atomic E-state index is 0.143. The average molecular weight is 653 g/mol. The fraction of sp³-hybridized carbons (Fsp3) is 0.405. The van der Waals surface area contributed by atoms with Gasteiger partial charge in [-0.15, -0.1) is 0 Å². The van der Waals surface area contributed by atoms with Crippen molar-refractivity contribution in [3.05, 3.63) is 130 Å². The van der Waals surface area contributed by atoms with Gasteiger partial charge in [0.15, 0.2) is 0 Å². The van der Waals surface area contributed by atoms with E-state index in [4.69, 9.17) is 5.41 Å². The Bertz CT molecular complexity index is 1520. The third-order valence-electron chi connectivity index (χ3n) is 8.41. The molecule has 2 aliphatic rings. The number of hydrogen-bond donors (Lipinski definition) is 2. The van der Waals surface area contributed by atoms with Gasteiger partial charge in [0.2, 0.25) is 0 Å². The largest absolute Gasteiger partial charge is 0.347 e. The number of fused-ring (bicyclic) bond motifs is 1. The van der Waals surface area contributed by atoms with E-state index < -0.39 is 0 Å². The highest BCUT2D eigenvalue weighted by Gasteiger charge is 2.26. The van der Waals surface area contributed by atoms with Gasteiger partial charge in [0.05, 0.1) is 29.8 Å². The molecule has 1 atom stereocenters. The molecular formula is C42H57FN4O. The number of allylic oxidation sites excluding steroid dienone is 11. The Morgan fingerprint density at radius 2 is 1.90 bits per heavy atom. The maximum Gasteiger partial charge on any atom is 0.256 e. The Morgan fingerprint density at radius 3 is 2.54 bits per heavy atom. The van der Waals surface area contributed by atoms with Gasteiger partial charge in [-0.25, -0.2) is 9.37 Å². The van der Waals surface area contributed by atoms with E-state index in [2.05, 4.69) is 93.7 Å². The second-order valence-electron chi connectivity index (χ2n) is 12.2. The third-order valence-corrected chi connectivity index (χ3v) is 8.41. The minimum Gasteiger partial charge on any atom is -0.347 e. The van der Waals surface area contributed by atoms with E-state index >= 15 is 4.39 Å². The van der Waals surface area contributed by atoms with E-state index in [0.29, 0.717) is 43.5 Å². The molecule has 48 heavy (non-hydrogen) atoms. The molecule has 258 valence electrons. The molecule has 5 nitrogen and oxygen atoms in total. The summed E-state index contributed by atoms with van der Waals surface area (Å²) in [6, 6.07) is 8.36. The molecule has 6 heteroatoms. The fourth-order valence-electron chi connectivity index (χ4n) is 5.34. The van der Waals surface area contributed by atoms with Gasteiger partial charge < -0.3 is 15.3 Å². The molecule has 1 aliphatic heterocycles. The molecule has 1 unspecified atom stereocenters. The predicted molar refractivity (Wildman–Crippen MR) is 203 cm³/mol. The number of carbonyl (C=O) groups excluding carboxylic acids is 1. The molecule has 1 amide bonds. The van der Waals surface area contributed by atoms with Crippen LogP contribution in [-0.4, -0.2) is 33.5 Å². The number of benzene rings is 1. The number of rotatable bonds is 10. The predicted octanol–water partition coefficient (Wildman–Crippen LogP) is 11.1. The van der Waals surface area contributed by atoms with Gasteiger partial charge >= 0.3 is 0 Å². The van der Waals surface area contributed by atoms with Crippen LogP contribution in [0.15, 0.2) is 108 Å². The number of carbonyl (C=O) groups is 1.